The van der Waals surface area contributed by atoms with Crippen molar-refractivity contribution in [1.82, 2.24) is 0 Å². The molecule has 1 N–H and O–H groups in total. The van der Waals surface area contributed by atoms with E-state index in [1.807, 2.05) is 6.92 Å². The van der Waals surface area contributed by atoms with Crippen LogP contribution in [0.3, 0.4) is 0 Å². The van der Waals surface area contributed by atoms with Crippen LogP contribution in [0.1, 0.15) is 26.2 Å². The van der Waals surface area contributed by atoms with Crippen molar-refractivity contribution in [2.45, 2.75) is 31.8 Å². The van der Waals surface area contributed by atoms with E-state index in [0.29, 0.717) is 19.4 Å². The van der Waals surface area contributed by atoms with Crippen molar-refractivity contribution in [2.24, 2.45) is 0 Å². The quantitative estimate of drug-likeness (QED) is 0.758. The molecule has 13 heavy (non-hydrogen) atoms. The summed E-state index contributed by atoms with van der Waals surface area (Å²) >= 11 is 1.80. The number of aliphatic carboxylic acids is 1. The van der Waals surface area contributed by atoms with Crippen molar-refractivity contribution in [3.8, 4) is 0 Å². The van der Waals surface area contributed by atoms with Gasteiger partial charge in [0.05, 0.1) is 0 Å². The number of carbonyl (C=O) groups is 1. The van der Waals surface area contributed by atoms with Gasteiger partial charge in [0.25, 0.3) is 0 Å². The predicted molar refractivity (Wildman–Crippen MR) is 53.2 cm³/mol. The van der Waals surface area contributed by atoms with Gasteiger partial charge in [-0.3, -0.25) is 0 Å². The lowest BCUT2D eigenvalue weighted by Crippen LogP contribution is -2.44. The van der Waals surface area contributed by atoms with Crippen LogP contribution in [-0.4, -0.2) is 34.8 Å². The number of hydrogen-bond acceptors (Lipinski definition) is 3. The fourth-order valence-corrected chi connectivity index (χ4v) is 2.57. The summed E-state index contributed by atoms with van der Waals surface area (Å²) in [6, 6.07) is 0. The van der Waals surface area contributed by atoms with E-state index in [-0.39, 0.29) is 0 Å². The van der Waals surface area contributed by atoms with E-state index in [0.717, 1.165) is 17.9 Å². The molecule has 0 unspecified atom stereocenters. The Morgan fingerprint density at radius 2 is 2.15 bits per heavy atom. The van der Waals surface area contributed by atoms with Crippen LogP contribution in [0.5, 0.6) is 0 Å². The SMILES string of the molecule is CCCOC1(C(=O)O)CCSCC1. The molecular weight excluding hydrogens is 188 g/mol. The molecule has 0 radical (unpaired) electrons. The highest BCUT2D eigenvalue weighted by Crippen LogP contribution is 2.30. The summed E-state index contributed by atoms with van der Waals surface area (Å²) in [5.41, 5.74) is -0.874. The molecule has 1 rings (SSSR count). The molecule has 0 aromatic heterocycles. The van der Waals surface area contributed by atoms with E-state index in [1.54, 1.807) is 11.8 Å². The number of carboxylic acids is 1. The second-order valence-electron chi connectivity index (χ2n) is 3.26. The van der Waals surface area contributed by atoms with Crippen molar-refractivity contribution in [3.63, 3.8) is 0 Å². The average molecular weight is 204 g/mol. The minimum Gasteiger partial charge on any atom is -0.479 e. The van der Waals surface area contributed by atoms with Gasteiger partial charge in [0.1, 0.15) is 0 Å². The van der Waals surface area contributed by atoms with Gasteiger partial charge < -0.3 is 9.84 Å². The van der Waals surface area contributed by atoms with Crippen molar-refractivity contribution in [2.75, 3.05) is 18.1 Å². The van der Waals surface area contributed by atoms with Crippen LogP contribution in [0.4, 0.5) is 0 Å². The van der Waals surface area contributed by atoms with Crippen LogP contribution >= 0.6 is 11.8 Å². The maximum Gasteiger partial charge on any atom is 0.336 e. The molecule has 1 aliphatic rings. The van der Waals surface area contributed by atoms with Crippen LogP contribution in [0, 0.1) is 0 Å². The zero-order valence-electron chi connectivity index (χ0n) is 7.91. The summed E-state index contributed by atoms with van der Waals surface area (Å²) in [4.78, 5) is 11.0. The molecule has 76 valence electrons. The topological polar surface area (TPSA) is 46.5 Å². The summed E-state index contributed by atoms with van der Waals surface area (Å²) in [5.74, 6) is 1.01. The molecule has 1 heterocycles. The van der Waals surface area contributed by atoms with Crippen LogP contribution in [0.15, 0.2) is 0 Å². The Morgan fingerprint density at radius 1 is 1.54 bits per heavy atom. The number of carboxylic acid groups (broad SMARTS) is 1. The van der Waals surface area contributed by atoms with Gasteiger partial charge in [0, 0.05) is 6.61 Å². The summed E-state index contributed by atoms with van der Waals surface area (Å²) in [6.07, 6.45) is 2.17. The van der Waals surface area contributed by atoms with Crippen molar-refractivity contribution in [3.05, 3.63) is 0 Å². The Kier molecular flexibility index (Phi) is 4.06. The molecule has 0 aromatic carbocycles. The number of thioether (sulfide) groups is 1. The Morgan fingerprint density at radius 3 is 2.62 bits per heavy atom. The smallest absolute Gasteiger partial charge is 0.336 e. The van der Waals surface area contributed by atoms with Crippen LogP contribution < -0.4 is 0 Å². The van der Waals surface area contributed by atoms with Gasteiger partial charge in [-0.2, -0.15) is 11.8 Å². The number of rotatable bonds is 4. The van der Waals surface area contributed by atoms with Crippen LogP contribution in [-0.2, 0) is 9.53 Å². The molecule has 0 aromatic rings. The summed E-state index contributed by atoms with van der Waals surface area (Å²) in [7, 11) is 0. The van der Waals surface area contributed by atoms with Crippen LogP contribution in [0.2, 0.25) is 0 Å². The maximum absolute atomic E-state index is 11.0. The zero-order chi connectivity index (χ0) is 9.73. The van der Waals surface area contributed by atoms with E-state index < -0.39 is 11.6 Å². The lowest BCUT2D eigenvalue weighted by Gasteiger charge is -2.32. The molecule has 0 saturated carbocycles. The van der Waals surface area contributed by atoms with E-state index >= 15 is 0 Å². The van der Waals surface area contributed by atoms with Gasteiger partial charge in [-0.25, -0.2) is 4.79 Å². The van der Waals surface area contributed by atoms with Gasteiger partial charge in [0.15, 0.2) is 5.60 Å². The van der Waals surface area contributed by atoms with E-state index in [4.69, 9.17) is 9.84 Å². The summed E-state index contributed by atoms with van der Waals surface area (Å²) < 4.78 is 5.47. The standard InChI is InChI=1S/C9H16O3S/c1-2-5-12-9(8(10)11)3-6-13-7-4-9/h2-7H2,1H3,(H,10,11). The molecule has 0 atom stereocenters. The second kappa shape index (κ2) is 4.86. The molecule has 0 spiro atoms. The van der Waals surface area contributed by atoms with Crippen molar-refractivity contribution >= 4 is 17.7 Å². The Bertz CT molecular complexity index is 176. The van der Waals surface area contributed by atoms with E-state index in [9.17, 15) is 4.79 Å². The summed E-state index contributed by atoms with van der Waals surface area (Å²) in [5, 5.41) is 9.08. The predicted octanol–water partition coefficient (Wildman–Crippen LogP) is 1.76. The third-order valence-electron chi connectivity index (χ3n) is 2.27. The van der Waals surface area contributed by atoms with Crippen molar-refractivity contribution < 1.29 is 14.6 Å². The first kappa shape index (κ1) is 10.9. The highest BCUT2D eigenvalue weighted by Gasteiger charge is 2.40. The third-order valence-corrected chi connectivity index (χ3v) is 3.26. The highest BCUT2D eigenvalue weighted by atomic mass is 32.2. The highest BCUT2D eigenvalue weighted by molar-refractivity contribution is 7.99. The van der Waals surface area contributed by atoms with Gasteiger partial charge in [-0.05, 0) is 30.8 Å². The normalized spacial score (nSPS) is 21.3. The summed E-state index contributed by atoms with van der Waals surface area (Å²) in [6.45, 7) is 2.55. The Hall–Kier alpha value is -0.220. The number of hydrogen-bond donors (Lipinski definition) is 1. The minimum absolute atomic E-state index is 0.553. The molecule has 4 heteroatoms. The van der Waals surface area contributed by atoms with Crippen LogP contribution in [0.25, 0.3) is 0 Å². The molecular formula is C9H16O3S. The molecule has 1 fully saturated rings. The molecule has 1 aliphatic heterocycles. The molecule has 3 nitrogen and oxygen atoms in total. The lowest BCUT2D eigenvalue weighted by molar-refractivity contribution is -0.167. The first-order valence-electron chi connectivity index (χ1n) is 4.66. The van der Waals surface area contributed by atoms with E-state index in [2.05, 4.69) is 0 Å². The average Bonchev–Trinajstić information content (AvgIpc) is 2.16. The lowest BCUT2D eigenvalue weighted by atomic mass is 9.97. The first-order chi connectivity index (χ1) is 6.21. The molecule has 0 bridgehead atoms. The van der Waals surface area contributed by atoms with Gasteiger partial charge in [-0.15, -0.1) is 0 Å². The van der Waals surface area contributed by atoms with Crippen molar-refractivity contribution in [1.29, 1.82) is 0 Å². The second-order valence-corrected chi connectivity index (χ2v) is 4.49. The molecule has 0 aliphatic carbocycles. The molecule has 0 amide bonds. The fraction of sp³-hybridized carbons (Fsp3) is 0.889. The Labute approximate surface area is 82.8 Å². The first-order valence-corrected chi connectivity index (χ1v) is 5.82. The third kappa shape index (κ3) is 2.61. The maximum atomic E-state index is 11.0. The van der Waals surface area contributed by atoms with Gasteiger partial charge in [-0.1, -0.05) is 6.92 Å². The number of ether oxygens (including phenoxy) is 1. The van der Waals surface area contributed by atoms with Gasteiger partial charge in [0.2, 0.25) is 0 Å². The minimum atomic E-state index is -0.874. The molecule has 1 saturated heterocycles. The zero-order valence-corrected chi connectivity index (χ0v) is 8.73. The Balaban J connectivity index is 2.56. The monoisotopic (exact) mass is 204 g/mol. The van der Waals surface area contributed by atoms with Gasteiger partial charge >= 0.3 is 5.97 Å². The van der Waals surface area contributed by atoms with E-state index in [1.165, 1.54) is 0 Å². The fourth-order valence-electron chi connectivity index (χ4n) is 1.42. The largest absolute Gasteiger partial charge is 0.479 e.